The molecular weight excluding hydrogens is 285 g/mol. The summed E-state index contributed by atoms with van der Waals surface area (Å²) in [6.45, 7) is 0.519. The number of hydrogen-bond donors (Lipinski definition) is 1. The summed E-state index contributed by atoms with van der Waals surface area (Å²) >= 11 is 0. The molecule has 1 atom stereocenters. The van der Waals surface area contributed by atoms with Crippen LogP contribution in [0.2, 0.25) is 0 Å². The molecule has 2 rings (SSSR count). The van der Waals surface area contributed by atoms with Crippen LogP contribution in [0.15, 0.2) is 12.4 Å². The van der Waals surface area contributed by atoms with Crippen molar-refractivity contribution < 1.29 is 18.0 Å². The van der Waals surface area contributed by atoms with Gasteiger partial charge in [-0.2, -0.15) is 18.3 Å². The Bertz CT molecular complexity index is 486. The van der Waals surface area contributed by atoms with Gasteiger partial charge in [0.1, 0.15) is 0 Å². The van der Waals surface area contributed by atoms with Crippen molar-refractivity contribution >= 4 is 6.03 Å². The van der Waals surface area contributed by atoms with Crippen molar-refractivity contribution in [3.8, 4) is 0 Å². The quantitative estimate of drug-likeness (QED) is 0.928. The average molecular weight is 304 g/mol. The molecule has 0 aliphatic carbocycles. The minimum absolute atomic E-state index is 0.100. The summed E-state index contributed by atoms with van der Waals surface area (Å²) < 4.78 is 39.7. The zero-order valence-electron chi connectivity index (χ0n) is 11.9. The molecule has 0 aromatic carbocycles. The molecule has 118 valence electrons. The van der Waals surface area contributed by atoms with E-state index in [1.165, 1.54) is 4.90 Å². The fraction of sp³-hybridized carbons (Fsp3) is 0.692. The Kier molecular flexibility index (Phi) is 4.74. The molecule has 0 bridgehead atoms. The molecule has 1 aliphatic heterocycles. The molecule has 1 saturated heterocycles. The van der Waals surface area contributed by atoms with E-state index in [0.29, 0.717) is 25.9 Å². The highest BCUT2D eigenvalue weighted by molar-refractivity contribution is 5.74. The first-order valence-electron chi connectivity index (χ1n) is 6.93. The summed E-state index contributed by atoms with van der Waals surface area (Å²) in [4.78, 5) is 13.1. The van der Waals surface area contributed by atoms with Gasteiger partial charge in [-0.3, -0.25) is 4.68 Å². The van der Waals surface area contributed by atoms with Gasteiger partial charge in [0.2, 0.25) is 0 Å². The van der Waals surface area contributed by atoms with Crippen molar-refractivity contribution in [3.05, 3.63) is 18.0 Å². The highest BCUT2D eigenvalue weighted by Crippen LogP contribution is 2.32. The molecular formula is C13H19F3N4O. The summed E-state index contributed by atoms with van der Waals surface area (Å²) in [5.74, 6) is -1.41. The molecule has 1 fully saturated rings. The van der Waals surface area contributed by atoms with Gasteiger partial charge in [0, 0.05) is 32.9 Å². The van der Waals surface area contributed by atoms with E-state index < -0.39 is 18.1 Å². The van der Waals surface area contributed by atoms with Gasteiger partial charge < -0.3 is 10.2 Å². The van der Waals surface area contributed by atoms with Crippen molar-refractivity contribution in [2.45, 2.75) is 25.4 Å². The maximum absolute atomic E-state index is 12.7. The molecule has 2 heterocycles. The maximum atomic E-state index is 12.7. The molecule has 0 spiro atoms. The van der Waals surface area contributed by atoms with Crippen LogP contribution < -0.4 is 5.32 Å². The largest absolute Gasteiger partial charge is 0.393 e. The number of alkyl halides is 3. The van der Waals surface area contributed by atoms with Crippen LogP contribution in [0, 0.1) is 5.92 Å². The molecule has 1 unspecified atom stereocenters. The molecule has 0 saturated carbocycles. The van der Waals surface area contributed by atoms with Crippen molar-refractivity contribution in [3.63, 3.8) is 0 Å². The number of nitrogens with one attached hydrogen (secondary N) is 1. The third kappa shape index (κ3) is 4.37. The van der Waals surface area contributed by atoms with Crippen LogP contribution in [0.1, 0.15) is 18.4 Å². The van der Waals surface area contributed by atoms with E-state index in [9.17, 15) is 18.0 Å². The Labute approximate surface area is 121 Å². The Hall–Kier alpha value is -1.73. The zero-order valence-corrected chi connectivity index (χ0v) is 11.9. The summed E-state index contributed by atoms with van der Waals surface area (Å²) in [7, 11) is 1.80. The highest BCUT2D eigenvalue weighted by atomic mass is 19.4. The van der Waals surface area contributed by atoms with Gasteiger partial charge in [0.25, 0.3) is 0 Å². The Morgan fingerprint density at radius 1 is 1.52 bits per heavy atom. The number of halogens is 3. The number of carbonyl (C=O) groups excluding carboxylic acids is 1. The normalized spacial score (nSPS) is 19.6. The number of carbonyl (C=O) groups is 1. The lowest BCUT2D eigenvalue weighted by molar-refractivity contribution is -0.183. The number of nitrogens with zero attached hydrogens (tertiary/aromatic N) is 3. The van der Waals surface area contributed by atoms with E-state index in [4.69, 9.17) is 0 Å². The first kappa shape index (κ1) is 15.7. The summed E-state index contributed by atoms with van der Waals surface area (Å²) in [5, 5.41) is 6.67. The highest BCUT2D eigenvalue weighted by Gasteiger charge is 2.42. The zero-order chi connectivity index (χ0) is 15.5. The number of urea groups is 1. The molecule has 2 amide bonds. The van der Waals surface area contributed by atoms with Gasteiger partial charge >= 0.3 is 12.2 Å². The van der Waals surface area contributed by atoms with Crippen LogP contribution in [0.25, 0.3) is 0 Å². The minimum atomic E-state index is -4.23. The summed E-state index contributed by atoms with van der Waals surface area (Å²) in [5.41, 5.74) is 0.976. The third-order valence-electron chi connectivity index (χ3n) is 3.62. The molecule has 1 aliphatic rings. The average Bonchev–Trinajstić information content (AvgIpc) is 2.83. The number of amides is 2. The Morgan fingerprint density at radius 2 is 2.29 bits per heavy atom. The van der Waals surface area contributed by atoms with E-state index in [1.54, 1.807) is 17.9 Å². The maximum Gasteiger partial charge on any atom is 0.393 e. The second-order valence-corrected chi connectivity index (χ2v) is 5.33. The summed E-state index contributed by atoms with van der Waals surface area (Å²) in [6, 6.07) is -0.423. The van der Waals surface area contributed by atoms with Crippen molar-refractivity contribution in [1.82, 2.24) is 20.0 Å². The van der Waals surface area contributed by atoms with E-state index in [1.807, 2.05) is 6.20 Å². The standard InChI is InChI=1S/C13H19F3N4O/c1-19-8-10(7-18-19)4-5-17-12(21)20-6-2-3-11(9-20)13(14,15)16/h7-8,11H,2-6,9H2,1H3,(H,17,21). The molecule has 21 heavy (non-hydrogen) atoms. The van der Waals surface area contributed by atoms with Gasteiger partial charge in [-0.25, -0.2) is 4.79 Å². The monoisotopic (exact) mass is 304 g/mol. The van der Waals surface area contributed by atoms with Gasteiger partial charge in [-0.05, 0) is 24.8 Å². The first-order valence-corrected chi connectivity index (χ1v) is 6.93. The number of aryl methyl sites for hydroxylation is 1. The molecule has 5 nitrogen and oxygen atoms in total. The fourth-order valence-electron chi connectivity index (χ4n) is 2.46. The van der Waals surface area contributed by atoms with Crippen LogP contribution in [-0.2, 0) is 13.5 Å². The number of hydrogen-bond acceptors (Lipinski definition) is 2. The van der Waals surface area contributed by atoms with Crippen LogP contribution in [0.5, 0.6) is 0 Å². The summed E-state index contributed by atoms with van der Waals surface area (Å²) in [6.07, 6.45) is 0.410. The molecule has 1 aromatic heterocycles. The lowest BCUT2D eigenvalue weighted by Gasteiger charge is -2.33. The number of rotatable bonds is 3. The Balaban J connectivity index is 1.77. The predicted molar refractivity (Wildman–Crippen MR) is 70.7 cm³/mol. The third-order valence-corrected chi connectivity index (χ3v) is 3.62. The number of likely N-dealkylation sites (tertiary alicyclic amines) is 1. The van der Waals surface area contributed by atoms with Crippen molar-refractivity contribution in [1.29, 1.82) is 0 Å². The Morgan fingerprint density at radius 3 is 2.90 bits per heavy atom. The van der Waals surface area contributed by atoms with Gasteiger partial charge in [0.05, 0.1) is 12.1 Å². The van der Waals surface area contributed by atoms with E-state index in [2.05, 4.69) is 10.4 Å². The lowest BCUT2D eigenvalue weighted by atomic mass is 9.98. The second kappa shape index (κ2) is 6.36. The van der Waals surface area contributed by atoms with Gasteiger partial charge in [-0.15, -0.1) is 0 Å². The minimum Gasteiger partial charge on any atom is -0.338 e. The van der Waals surface area contributed by atoms with Crippen molar-refractivity contribution in [2.75, 3.05) is 19.6 Å². The topological polar surface area (TPSA) is 50.2 Å². The van der Waals surface area contributed by atoms with Crippen LogP contribution in [0.3, 0.4) is 0 Å². The molecule has 8 heteroatoms. The van der Waals surface area contributed by atoms with Gasteiger partial charge in [-0.1, -0.05) is 0 Å². The predicted octanol–water partition coefficient (Wildman–Crippen LogP) is 1.95. The van der Waals surface area contributed by atoms with E-state index in [0.717, 1.165) is 5.56 Å². The van der Waals surface area contributed by atoms with Crippen LogP contribution in [0.4, 0.5) is 18.0 Å². The first-order chi connectivity index (χ1) is 9.86. The van der Waals surface area contributed by atoms with Crippen molar-refractivity contribution in [2.24, 2.45) is 13.0 Å². The lowest BCUT2D eigenvalue weighted by Crippen LogP contribution is -2.48. The van der Waals surface area contributed by atoms with Crippen LogP contribution in [-0.4, -0.2) is 46.5 Å². The molecule has 1 N–H and O–H groups in total. The molecule has 0 radical (unpaired) electrons. The van der Waals surface area contributed by atoms with Crippen LogP contribution >= 0.6 is 0 Å². The van der Waals surface area contributed by atoms with Gasteiger partial charge in [0.15, 0.2) is 0 Å². The van der Waals surface area contributed by atoms with E-state index >= 15 is 0 Å². The number of piperidine rings is 1. The number of aromatic nitrogens is 2. The second-order valence-electron chi connectivity index (χ2n) is 5.33. The smallest absolute Gasteiger partial charge is 0.338 e. The fourth-order valence-corrected chi connectivity index (χ4v) is 2.46. The SMILES string of the molecule is Cn1cc(CCNC(=O)N2CCCC(C(F)(F)F)C2)cn1. The van der Waals surface area contributed by atoms with E-state index in [-0.39, 0.29) is 13.0 Å². The molecule has 1 aromatic rings.